The Labute approximate surface area is 98.9 Å². The smallest absolute Gasteiger partial charge is 0.213 e. The summed E-state index contributed by atoms with van der Waals surface area (Å²) in [5.41, 5.74) is 1.32. The van der Waals surface area contributed by atoms with E-state index in [2.05, 4.69) is 5.10 Å². The van der Waals surface area contributed by atoms with Crippen molar-refractivity contribution in [2.75, 3.05) is 0 Å². The number of carbonyl (C=O) groups excluding carboxylic acids is 1. The van der Waals surface area contributed by atoms with Crippen molar-refractivity contribution in [1.82, 2.24) is 9.78 Å². The van der Waals surface area contributed by atoms with E-state index in [4.69, 9.17) is 0 Å². The normalized spacial score (nSPS) is 10.5. The Bertz CT molecular complexity index is 560. The molecule has 0 radical (unpaired) electrons. The third-order valence-electron chi connectivity index (χ3n) is 2.64. The fourth-order valence-electron chi connectivity index (χ4n) is 1.70. The highest BCUT2D eigenvalue weighted by molar-refractivity contribution is 6.08. The topological polar surface area (TPSA) is 34.9 Å². The molecule has 0 saturated heterocycles. The molecule has 0 aliphatic heterocycles. The van der Waals surface area contributed by atoms with Crippen LogP contribution in [0.25, 0.3) is 0 Å². The number of aromatic nitrogens is 2. The van der Waals surface area contributed by atoms with Crippen LogP contribution in [0.15, 0.2) is 30.3 Å². The van der Waals surface area contributed by atoms with Crippen molar-refractivity contribution >= 4 is 5.78 Å². The van der Waals surface area contributed by atoms with Gasteiger partial charge in [0.2, 0.25) is 5.78 Å². The average molecular weight is 232 g/mol. The van der Waals surface area contributed by atoms with Gasteiger partial charge in [-0.25, -0.2) is 4.39 Å². The van der Waals surface area contributed by atoms with Gasteiger partial charge in [-0.3, -0.25) is 9.48 Å². The number of hydrogen-bond acceptors (Lipinski definition) is 2. The molecule has 4 heteroatoms. The van der Waals surface area contributed by atoms with Crippen LogP contribution in [0.4, 0.5) is 4.39 Å². The third kappa shape index (κ3) is 2.11. The molecular formula is C13H13FN2O. The van der Waals surface area contributed by atoms with Gasteiger partial charge in [0, 0.05) is 7.05 Å². The zero-order chi connectivity index (χ0) is 12.4. The van der Waals surface area contributed by atoms with Crippen molar-refractivity contribution in [1.29, 1.82) is 0 Å². The average Bonchev–Trinajstić information content (AvgIpc) is 2.70. The van der Waals surface area contributed by atoms with Gasteiger partial charge in [-0.2, -0.15) is 5.10 Å². The molecule has 2 rings (SSSR count). The molecule has 0 aliphatic carbocycles. The summed E-state index contributed by atoms with van der Waals surface area (Å²) in [6.07, 6.45) is 0.748. The standard InChI is InChI=1S/C13H13FN2O/c1-3-9-8-12(16(2)15-9)13(17)10-6-4-5-7-11(10)14/h4-8H,3H2,1-2H3. The maximum Gasteiger partial charge on any atom is 0.213 e. The van der Waals surface area contributed by atoms with Gasteiger partial charge in [0.05, 0.1) is 11.3 Å². The number of aryl methyl sites for hydroxylation is 2. The van der Waals surface area contributed by atoms with Crippen LogP contribution < -0.4 is 0 Å². The first kappa shape index (κ1) is 11.5. The fourth-order valence-corrected chi connectivity index (χ4v) is 1.70. The van der Waals surface area contributed by atoms with E-state index in [-0.39, 0.29) is 11.3 Å². The minimum Gasteiger partial charge on any atom is -0.287 e. The molecule has 3 nitrogen and oxygen atoms in total. The molecule has 1 aromatic heterocycles. The zero-order valence-electron chi connectivity index (χ0n) is 9.77. The number of hydrogen-bond donors (Lipinski definition) is 0. The second-order valence-electron chi connectivity index (χ2n) is 3.81. The van der Waals surface area contributed by atoms with Crippen molar-refractivity contribution in [3.63, 3.8) is 0 Å². The number of carbonyl (C=O) groups is 1. The fraction of sp³-hybridized carbons (Fsp3) is 0.231. The predicted molar refractivity (Wildman–Crippen MR) is 62.4 cm³/mol. The zero-order valence-corrected chi connectivity index (χ0v) is 9.77. The van der Waals surface area contributed by atoms with E-state index >= 15 is 0 Å². The van der Waals surface area contributed by atoms with Crippen molar-refractivity contribution in [3.05, 3.63) is 53.1 Å². The second kappa shape index (κ2) is 4.49. The van der Waals surface area contributed by atoms with Crippen molar-refractivity contribution in [2.24, 2.45) is 7.05 Å². The van der Waals surface area contributed by atoms with E-state index < -0.39 is 5.82 Å². The highest BCUT2D eigenvalue weighted by atomic mass is 19.1. The van der Waals surface area contributed by atoms with Gasteiger partial charge in [0.25, 0.3) is 0 Å². The Kier molecular flexibility index (Phi) is 3.04. The Morgan fingerprint density at radius 3 is 2.71 bits per heavy atom. The molecule has 0 N–H and O–H groups in total. The van der Waals surface area contributed by atoms with Crippen LogP contribution in [0.5, 0.6) is 0 Å². The minimum absolute atomic E-state index is 0.0816. The van der Waals surface area contributed by atoms with Crippen LogP contribution >= 0.6 is 0 Å². The van der Waals surface area contributed by atoms with Gasteiger partial charge in [0.1, 0.15) is 11.5 Å². The molecule has 0 fully saturated rings. The summed E-state index contributed by atoms with van der Waals surface area (Å²) in [5, 5.41) is 4.18. The van der Waals surface area contributed by atoms with Crippen LogP contribution in [-0.2, 0) is 13.5 Å². The van der Waals surface area contributed by atoms with E-state index in [0.717, 1.165) is 12.1 Å². The van der Waals surface area contributed by atoms with Gasteiger partial charge in [-0.05, 0) is 24.6 Å². The van der Waals surface area contributed by atoms with Crippen LogP contribution in [0.3, 0.4) is 0 Å². The molecule has 88 valence electrons. The molecule has 0 bridgehead atoms. The monoisotopic (exact) mass is 232 g/mol. The third-order valence-corrected chi connectivity index (χ3v) is 2.64. The molecule has 0 atom stereocenters. The Balaban J connectivity index is 2.44. The molecule has 0 unspecified atom stereocenters. The number of rotatable bonds is 3. The lowest BCUT2D eigenvalue weighted by molar-refractivity contribution is 0.102. The highest BCUT2D eigenvalue weighted by Crippen LogP contribution is 2.14. The van der Waals surface area contributed by atoms with E-state index in [0.29, 0.717) is 5.69 Å². The summed E-state index contributed by atoms with van der Waals surface area (Å²) < 4.78 is 15.0. The van der Waals surface area contributed by atoms with E-state index in [1.807, 2.05) is 6.92 Å². The number of halogens is 1. The molecule has 0 saturated carbocycles. The largest absolute Gasteiger partial charge is 0.287 e. The van der Waals surface area contributed by atoms with Crippen LogP contribution in [0.1, 0.15) is 28.7 Å². The number of benzene rings is 1. The van der Waals surface area contributed by atoms with Gasteiger partial charge >= 0.3 is 0 Å². The summed E-state index contributed by atoms with van der Waals surface area (Å²) >= 11 is 0. The predicted octanol–water partition coefficient (Wildman–Crippen LogP) is 2.35. The molecule has 1 heterocycles. The van der Waals surface area contributed by atoms with E-state index in [1.54, 1.807) is 25.2 Å². The Morgan fingerprint density at radius 1 is 1.41 bits per heavy atom. The first-order chi connectivity index (χ1) is 8.13. The van der Waals surface area contributed by atoms with Gasteiger partial charge < -0.3 is 0 Å². The summed E-state index contributed by atoms with van der Waals surface area (Å²) in [6.45, 7) is 1.96. The summed E-state index contributed by atoms with van der Waals surface area (Å²) in [6, 6.07) is 7.68. The molecule has 2 aromatic rings. The van der Waals surface area contributed by atoms with Crippen molar-refractivity contribution in [2.45, 2.75) is 13.3 Å². The lowest BCUT2D eigenvalue weighted by Crippen LogP contribution is -2.09. The quantitative estimate of drug-likeness (QED) is 0.761. The summed E-state index contributed by atoms with van der Waals surface area (Å²) in [7, 11) is 1.69. The van der Waals surface area contributed by atoms with Crippen LogP contribution in [0.2, 0.25) is 0 Å². The molecule has 1 aromatic carbocycles. The molecule has 17 heavy (non-hydrogen) atoms. The van der Waals surface area contributed by atoms with Gasteiger partial charge in [-0.1, -0.05) is 19.1 Å². The summed E-state index contributed by atoms with van der Waals surface area (Å²) in [4.78, 5) is 12.1. The van der Waals surface area contributed by atoms with Gasteiger partial charge in [-0.15, -0.1) is 0 Å². The lowest BCUT2D eigenvalue weighted by atomic mass is 10.1. The first-order valence-electron chi connectivity index (χ1n) is 5.45. The first-order valence-corrected chi connectivity index (χ1v) is 5.45. The second-order valence-corrected chi connectivity index (χ2v) is 3.81. The summed E-state index contributed by atoms with van der Waals surface area (Å²) in [5.74, 6) is -0.838. The van der Waals surface area contributed by atoms with Crippen molar-refractivity contribution in [3.8, 4) is 0 Å². The van der Waals surface area contributed by atoms with Gasteiger partial charge in [0.15, 0.2) is 0 Å². The molecule has 0 spiro atoms. The molecular weight excluding hydrogens is 219 g/mol. The maximum atomic E-state index is 13.5. The maximum absolute atomic E-state index is 13.5. The van der Waals surface area contributed by atoms with Crippen molar-refractivity contribution < 1.29 is 9.18 Å². The van der Waals surface area contributed by atoms with Crippen LogP contribution in [0, 0.1) is 5.82 Å². The van der Waals surface area contributed by atoms with E-state index in [1.165, 1.54) is 16.8 Å². The number of ketones is 1. The lowest BCUT2D eigenvalue weighted by Gasteiger charge is -2.02. The van der Waals surface area contributed by atoms with E-state index in [9.17, 15) is 9.18 Å². The molecule has 0 amide bonds. The van der Waals surface area contributed by atoms with Crippen LogP contribution in [-0.4, -0.2) is 15.6 Å². The number of nitrogens with zero attached hydrogens (tertiary/aromatic N) is 2. The Hall–Kier alpha value is -1.97. The molecule has 0 aliphatic rings. The minimum atomic E-state index is -0.503. The SMILES string of the molecule is CCc1cc(C(=O)c2ccccc2F)n(C)n1. The highest BCUT2D eigenvalue weighted by Gasteiger charge is 2.17. The Morgan fingerprint density at radius 2 is 2.12 bits per heavy atom.